The molecule has 6 heteroatoms. The van der Waals surface area contributed by atoms with E-state index in [4.69, 9.17) is 25.8 Å². The average molecular weight is 419 g/mol. The fourth-order valence-corrected chi connectivity index (χ4v) is 4.56. The van der Waals surface area contributed by atoms with Crippen LogP contribution in [0.25, 0.3) is 0 Å². The molecule has 1 saturated heterocycles. The number of benzene rings is 2. The van der Waals surface area contributed by atoms with Crippen molar-refractivity contribution < 1.29 is 24.4 Å². The monoisotopic (exact) mass is 418 g/mol. The summed E-state index contributed by atoms with van der Waals surface area (Å²) < 4.78 is 17.3. The Morgan fingerprint density at radius 1 is 1.21 bits per heavy atom. The third-order valence-electron chi connectivity index (χ3n) is 5.73. The van der Waals surface area contributed by atoms with Gasteiger partial charge in [-0.25, -0.2) is 0 Å². The van der Waals surface area contributed by atoms with Gasteiger partial charge in [0.2, 0.25) is 0 Å². The van der Waals surface area contributed by atoms with Crippen LogP contribution in [0.5, 0.6) is 11.5 Å². The molecular weight excluding hydrogens is 392 g/mol. The lowest BCUT2D eigenvalue weighted by Crippen LogP contribution is -2.34. The van der Waals surface area contributed by atoms with Crippen molar-refractivity contribution in [1.82, 2.24) is 0 Å². The van der Waals surface area contributed by atoms with Crippen LogP contribution in [0.1, 0.15) is 47.6 Å². The van der Waals surface area contributed by atoms with Crippen molar-refractivity contribution in [3.05, 3.63) is 57.6 Å². The molecule has 2 aromatic rings. The highest BCUT2D eigenvalue weighted by atomic mass is 35.5. The van der Waals surface area contributed by atoms with Crippen molar-refractivity contribution in [2.45, 2.75) is 50.4 Å². The first-order valence-electron chi connectivity index (χ1n) is 10.1. The van der Waals surface area contributed by atoms with E-state index in [1.807, 2.05) is 24.3 Å². The summed E-state index contributed by atoms with van der Waals surface area (Å²) in [5.41, 5.74) is 4.17. The summed E-state index contributed by atoms with van der Waals surface area (Å²) in [4.78, 5) is 0. The molecule has 2 aromatic carbocycles. The SMILES string of the molecule is COc1ccc(Cc2cc(C3CC(O)CC(CO)O3)c3c(c2Cl)OCCC3)cc1. The predicted octanol–water partition coefficient (Wildman–Crippen LogP) is 3.84. The van der Waals surface area contributed by atoms with Crippen LogP contribution >= 0.6 is 11.6 Å². The van der Waals surface area contributed by atoms with Gasteiger partial charge in [0, 0.05) is 18.4 Å². The molecule has 2 heterocycles. The molecule has 0 radical (unpaired) electrons. The van der Waals surface area contributed by atoms with Gasteiger partial charge in [-0.2, -0.15) is 0 Å². The van der Waals surface area contributed by atoms with Crippen LogP contribution in [0, 0.1) is 0 Å². The van der Waals surface area contributed by atoms with Crippen LogP contribution in [0.3, 0.4) is 0 Å². The van der Waals surface area contributed by atoms with Crippen molar-refractivity contribution in [1.29, 1.82) is 0 Å². The summed E-state index contributed by atoms with van der Waals surface area (Å²) in [5, 5.41) is 20.5. The first-order valence-corrected chi connectivity index (χ1v) is 10.5. The Balaban J connectivity index is 1.71. The molecule has 0 bridgehead atoms. The Morgan fingerprint density at radius 3 is 2.72 bits per heavy atom. The molecule has 0 spiro atoms. The summed E-state index contributed by atoms with van der Waals surface area (Å²) in [6.45, 7) is 0.546. The molecule has 0 amide bonds. The Morgan fingerprint density at radius 2 is 2.00 bits per heavy atom. The molecule has 2 aliphatic heterocycles. The summed E-state index contributed by atoms with van der Waals surface area (Å²) in [6.07, 6.45) is 2.28. The fourth-order valence-electron chi connectivity index (χ4n) is 4.27. The van der Waals surface area contributed by atoms with Crippen LogP contribution in [-0.2, 0) is 17.6 Å². The van der Waals surface area contributed by atoms with E-state index in [1.165, 1.54) is 0 Å². The maximum absolute atomic E-state index is 10.3. The maximum atomic E-state index is 10.3. The zero-order valence-corrected chi connectivity index (χ0v) is 17.3. The number of fused-ring (bicyclic) bond motifs is 1. The highest BCUT2D eigenvalue weighted by Crippen LogP contribution is 2.44. The lowest BCUT2D eigenvalue weighted by molar-refractivity contribution is -0.114. The molecule has 29 heavy (non-hydrogen) atoms. The minimum Gasteiger partial charge on any atom is -0.497 e. The zero-order chi connectivity index (χ0) is 20.4. The van der Waals surface area contributed by atoms with E-state index >= 15 is 0 Å². The molecular formula is C23H27ClO5. The van der Waals surface area contributed by atoms with E-state index in [9.17, 15) is 10.2 Å². The lowest BCUT2D eigenvalue weighted by atomic mass is 9.88. The van der Waals surface area contributed by atoms with Gasteiger partial charge in [-0.3, -0.25) is 0 Å². The Bertz CT molecular complexity index is 851. The van der Waals surface area contributed by atoms with Gasteiger partial charge >= 0.3 is 0 Å². The summed E-state index contributed by atoms with van der Waals surface area (Å²) in [6, 6.07) is 10.0. The second kappa shape index (κ2) is 8.92. The van der Waals surface area contributed by atoms with Gasteiger partial charge in [-0.15, -0.1) is 0 Å². The van der Waals surface area contributed by atoms with Crippen LogP contribution in [0.2, 0.25) is 5.02 Å². The Kier molecular flexibility index (Phi) is 6.30. The van der Waals surface area contributed by atoms with Crippen LogP contribution in [0.4, 0.5) is 0 Å². The van der Waals surface area contributed by atoms with Crippen molar-refractivity contribution >= 4 is 11.6 Å². The summed E-state index contributed by atoms with van der Waals surface area (Å²) >= 11 is 6.75. The molecule has 5 nitrogen and oxygen atoms in total. The smallest absolute Gasteiger partial charge is 0.141 e. The number of rotatable bonds is 5. The molecule has 0 aromatic heterocycles. The van der Waals surface area contributed by atoms with Gasteiger partial charge in [0.05, 0.1) is 43.7 Å². The first-order chi connectivity index (χ1) is 14.1. The largest absolute Gasteiger partial charge is 0.497 e. The average Bonchev–Trinajstić information content (AvgIpc) is 2.75. The highest BCUT2D eigenvalue weighted by Gasteiger charge is 2.33. The zero-order valence-electron chi connectivity index (χ0n) is 16.6. The fraction of sp³-hybridized carbons (Fsp3) is 0.478. The minimum absolute atomic E-state index is 0.0987. The minimum atomic E-state index is -0.494. The molecule has 2 aliphatic rings. The van der Waals surface area contributed by atoms with E-state index in [2.05, 4.69) is 6.07 Å². The lowest BCUT2D eigenvalue weighted by Gasteiger charge is -2.35. The third kappa shape index (κ3) is 4.38. The number of methoxy groups -OCH3 is 1. The van der Waals surface area contributed by atoms with E-state index in [1.54, 1.807) is 7.11 Å². The topological polar surface area (TPSA) is 68.2 Å². The first kappa shape index (κ1) is 20.5. The number of hydrogen-bond acceptors (Lipinski definition) is 5. The molecule has 156 valence electrons. The quantitative estimate of drug-likeness (QED) is 0.772. The van der Waals surface area contributed by atoms with E-state index in [-0.39, 0.29) is 18.8 Å². The van der Waals surface area contributed by atoms with Gasteiger partial charge in [0.25, 0.3) is 0 Å². The highest BCUT2D eigenvalue weighted by molar-refractivity contribution is 6.33. The second-order valence-electron chi connectivity index (χ2n) is 7.78. The molecule has 4 rings (SSSR count). The van der Waals surface area contributed by atoms with Crippen LogP contribution in [0.15, 0.2) is 30.3 Å². The summed E-state index contributed by atoms with van der Waals surface area (Å²) in [7, 11) is 1.65. The molecule has 0 saturated carbocycles. The molecule has 3 atom stereocenters. The number of hydrogen-bond donors (Lipinski definition) is 2. The number of ether oxygens (including phenoxy) is 3. The van der Waals surface area contributed by atoms with E-state index in [0.29, 0.717) is 30.9 Å². The number of aliphatic hydroxyl groups excluding tert-OH is 2. The molecule has 0 aliphatic carbocycles. The van der Waals surface area contributed by atoms with Gasteiger partial charge in [-0.05, 0) is 48.1 Å². The van der Waals surface area contributed by atoms with Gasteiger partial charge in [0.15, 0.2) is 0 Å². The Hall–Kier alpha value is -1.79. The number of halogens is 1. The maximum Gasteiger partial charge on any atom is 0.141 e. The predicted molar refractivity (Wildman–Crippen MR) is 111 cm³/mol. The second-order valence-corrected chi connectivity index (χ2v) is 8.16. The van der Waals surface area contributed by atoms with E-state index in [0.717, 1.165) is 46.6 Å². The van der Waals surface area contributed by atoms with Gasteiger partial charge < -0.3 is 24.4 Å². The van der Waals surface area contributed by atoms with Crippen molar-refractivity contribution in [3.63, 3.8) is 0 Å². The van der Waals surface area contributed by atoms with Gasteiger partial charge in [0.1, 0.15) is 11.5 Å². The molecule has 1 fully saturated rings. The van der Waals surface area contributed by atoms with Crippen LogP contribution in [-0.4, -0.2) is 42.7 Å². The number of aliphatic hydroxyl groups is 2. The summed E-state index contributed by atoms with van der Waals surface area (Å²) in [5.74, 6) is 1.55. The van der Waals surface area contributed by atoms with Crippen molar-refractivity contribution in [2.75, 3.05) is 20.3 Å². The van der Waals surface area contributed by atoms with Gasteiger partial charge in [-0.1, -0.05) is 29.8 Å². The Labute approximate surface area is 176 Å². The standard InChI is InChI=1S/C23H27ClO5/c1-27-17-6-4-14(5-7-17)9-15-10-20(19-3-2-8-28-23(19)22(15)24)21-12-16(26)11-18(13-25)29-21/h4-7,10,16,18,21,25-26H,2-3,8-9,11-13H2,1H3. The normalized spacial score (nSPS) is 23.9. The van der Waals surface area contributed by atoms with E-state index < -0.39 is 6.10 Å². The van der Waals surface area contributed by atoms with Crippen molar-refractivity contribution in [3.8, 4) is 11.5 Å². The van der Waals surface area contributed by atoms with Crippen LogP contribution < -0.4 is 9.47 Å². The third-order valence-corrected chi connectivity index (χ3v) is 6.15. The molecule has 2 N–H and O–H groups in total. The van der Waals surface area contributed by atoms with Crippen molar-refractivity contribution in [2.24, 2.45) is 0 Å². The molecule has 3 unspecified atom stereocenters.